The van der Waals surface area contributed by atoms with Crippen LogP contribution in [-0.4, -0.2) is 49.4 Å². The Bertz CT molecular complexity index is 2040. The van der Waals surface area contributed by atoms with Crippen LogP contribution in [0.2, 0.25) is 5.02 Å². The fraction of sp³-hybridized carbons (Fsp3) is 0.371. The van der Waals surface area contributed by atoms with Gasteiger partial charge >= 0.3 is 6.18 Å². The van der Waals surface area contributed by atoms with Gasteiger partial charge in [-0.2, -0.15) is 13.2 Å². The predicted molar refractivity (Wildman–Crippen MR) is 186 cm³/mol. The van der Waals surface area contributed by atoms with Crippen LogP contribution in [0.1, 0.15) is 55.6 Å². The number of aromatic nitrogens is 2. The van der Waals surface area contributed by atoms with Crippen molar-refractivity contribution in [3.8, 4) is 22.5 Å². The summed E-state index contributed by atoms with van der Waals surface area (Å²) in [6.07, 6.45) is -0.347. The molecule has 0 unspecified atom stereocenters. The second-order valence-electron chi connectivity index (χ2n) is 12.9. The lowest BCUT2D eigenvalue weighted by atomic mass is 10.0. The van der Waals surface area contributed by atoms with Gasteiger partial charge in [-0.3, -0.25) is 4.98 Å². The average Bonchev–Trinajstić information content (AvgIpc) is 3.62. The number of alkyl halides is 3. The quantitative estimate of drug-likeness (QED) is 0.207. The Morgan fingerprint density at radius 3 is 1.63 bits per heavy atom. The van der Waals surface area contributed by atoms with Crippen LogP contribution >= 0.6 is 11.6 Å². The molecule has 0 bridgehead atoms. The maximum Gasteiger partial charge on any atom is 0.433 e. The lowest BCUT2D eigenvalue weighted by Crippen LogP contribution is -2.39. The minimum atomic E-state index is -4.49. The number of nitrogens with zero attached hydrogens (tertiary/aromatic N) is 2. The topological polar surface area (TPSA) is 118 Å². The maximum atomic E-state index is 12.8. The summed E-state index contributed by atoms with van der Waals surface area (Å²) in [6, 6.07) is 18.7. The largest absolute Gasteiger partial charge is 0.433 e. The molecule has 0 aliphatic heterocycles. The van der Waals surface area contributed by atoms with Gasteiger partial charge < -0.3 is 0 Å². The van der Waals surface area contributed by atoms with Gasteiger partial charge in [-0.1, -0.05) is 41.9 Å². The molecule has 0 amide bonds. The lowest BCUT2D eigenvalue weighted by molar-refractivity contribution is -0.141. The van der Waals surface area contributed by atoms with Gasteiger partial charge in [0, 0.05) is 29.4 Å². The van der Waals surface area contributed by atoms with E-state index >= 15 is 0 Å². The summed E-state index contributed by atoms with van der Waals surface area (Å²) >= 11 is 5.87. The molecule has 6 rings (SSSR count). The highest BCUT2D eigenvalue weighted by Crippen LogP contribution is 2.32. The number of halogens is 4. The molecule has 2 aliphatic carbocycles. The summed E-state index contributed by atoms with van der Waals surface area (Å²) in [5.74, 6) is 0. The van der Waals surface area contributed by atoms with Crippen molar-refractivity contribution >= 4 is 31.6 Å². The highest BCUT2D eigenvalue weighted by Gasteiger charge is 2.33. The first-order valence-electron chi connectivity index (χ1n) is 15.8. The Morgan fingerprint density at radius 2 is 1.18 bits per heavy atom. The molecule has 0 saturated carbocycles. The van der Waals surface area contributed by atoms with Crippen LogP contribution in [0.3, 0.4) is 0 Å². The van der Waals surface area contributed by atoms with Crippen LogP contribution in [-0.2, 0) is 51.9 Å². The molecular formula is C35H38ClF3N4O4S2. The lowest BCUT2D eigenvalue weighted by Gasteiger charge is -2.14. The highest BCUT2D eigenvalue weighted by molar-refractivity contribution is 7.90. The molecule has 0 spiro atoms. The number of sulfonamides is 2. The molecule has 0 fully saturated rings. The number of benzene rings is 2. The van der Waals surface area contributed by atoms with Gasteiger partial charge in [-0.15, -0.1) is 0 Å². The minimum absolute atomic E-state index is 0.0640. The van der Waals surface area contributed by atoms with Crippen molar-refractivity contribution in [2.45, 2.75) is 82.1 Å². The molecule has 2 aromatic heterocycles. The SMILES string of the molecule is CC(C)S(=O)(=O)N[C@H]1Cc2ccc(-c3ccc(Cl)cn3)cc2C1.CC(C)S(=O)(=O)N[C@H]1Cc2ccc(-c3cccc(C(F)(F)F)n3)cc2C1. The molecule has 0 saturated heterocycles. The summed E-state index contributed by atoms with van der Waals surface area (Å²) in [7, 11) is -6.61. The first-order chi connectivity index (χ1) is 22.9. The first-order valence-corrected chi connectivity index (χ1v) is 19.3. The van der Waals surface area contributed by atoms with Crippen LogP contribution in [0.25, 0.3) is 22.5 Å². The molecule has 2 heterocycles. The third kappa shape index (κ3) is 9.06. The fourth-order valence-electron chi connectivity index (χ4n) is 5.76. The first kappa shape index (κ1) is 36.9. The molecule has 2 aliphatic rings. The third-order valence-corrected chi connectivity index (χ3v) is 12.6. The van der Waals surface area contributed by atoms with E-state index in [0.717, 1.165) is 34.9 Å². The summed E-state index contributed by atoms with van der Waals surface area (Å²) < 4.78 is 92.2. The monoisotopic (exact) mass is 734 g/mol. The number of pyridine rings is 2. The molecule has 2 atom stereocenters. The van der Waals surface area contributed by atoms with Gasteiger partial charge in [0.25, 0.3) is 0 Å². The van der Waals surface area contributed by atoms with Gasteiger partial charge in [0.05, 0.1) is 26.9 Å². The van der Waals surface area contributed by atoms with E-state index < -0.39 is 42.4 Å². The molecule has 14 heteroatoms. The smallest absolute Gasteiger partial charge is 0.255 e. The second kappa shape index (κ2) is 14.5. The van der Waals surface area contributed by atoms with Gasteiger partial charge in [-0.05, 0) is 112 Å². The van der Waals surface area contributed by atoms with E-state index in [2.05, 4.69) is 31.5 Å². The maximum absolute atomic E-state index is 12.8. The van der Waals surface area contributed by atoms with Crippen LogP contribution in [0.5, 0.6) is 0 Å². The summed E-state index contributed by atoms with van der Waals surface area (Å²) in [6.45, 7) is 6.60. The zero-order valence-corrected chi connectivity index (χ0v) is 29.8. The van der Waals surface area contributed by atoms with E-state index in [4.69, 9.17) is 11.6 Å². The Hall–Kier alpha value is -3.36. The van der Waals surface area contributed by atoms with Crippen molar-refractivity contribution in [1.82, 2.24) is 19.4 Å². The van der Waals surface area contributed by atoms with Crippen molar-refractivity contribution in [3.05, 3.63) is 106 Å². The summed E-state index contributed by atoms with van der Waals surface area (Å²) in [5, 5.41) is -0.325. The predicted octanol–water partition coefficient (Wildman–Crippen LogP) is 6.76. The highest BCUT2D eigenvalue weighted by atomic mass is 35.5. The van der Waals surface area contributed by atoms with Crippen molar-refractivity contribution in [3.63, 3.8) is 0 Å². The Morgan fingerprint density at radius 1 is 0.694 bits per heavy atom. The molecular weight excluding hydrogens is 697 g/mol. The van der Waals surface area contributed by atoms with E-state index in [-0.39, 0.29) is 17.8 Å². The standard InChI is InChI=1S/C18H19F3N2O2S.C17H19ClN2O2S/c1-11(2)26(24,25)23-15-9-12-6-7-13(8-14(12)10-15)16-4-3-5-17(22-16)18(19,20)21;1-11(2)23(21,22)20-16-8-12-3-4-13(7-14(12)9-16)17-6-5-15(18)10-19-17/h3-8,11,15,23H,9-10H2,1-2H3;3-7,10-11,16,20H,8-9H2,1-2H3/t15-;16-/m00/s1. The van der Waals surface area contributed by atoms with Crippen LogP contribution in [0.15, 0.2) is 72.9 Å². The zero-order chi connectivity index (χ0) is 35.7. The van der Waals surface area contributed by atoms with E-state index in [1.54, 1.807) is 46.0 Å². The Labute approximate surface area is 290 Å². The number of hydrogen-bond acceptors (Lipinski definition) is 6. The van der Waals surface area contributed by atoms with Crippen molar-refractivity contribution < 1.29 is 30.0 Å². The Kier molecular flexibility index (Phi) is 10.9. The Balaban J connectivity index is 0.000000192. The van der Waals surface area contributed by atoms with Crippen molar-refractivity contribution in [2.75, 3.05) is 0 Å². The molecule has 2 aromatic carbocycles. The molecule has 8 nitrogen and oxygen atoms in total. The van der Waals surface area contributed by atoms with Crippen LogP contribution in [0.4, 0.5) is 13.2 Å². The molecule has 0 radical (unpaired) electrons. The normalized spacial score (nSPS) is 17.5. The number of rotatable bonds is 8. The van der Waals surface area contributed by atoms with E-state index in [0.29, 0.717) is 29.8 Å². The number of nitrogens with one attached hydrogen (secondary N) is 2. The van der Waals surface area contributed by atoms with E-state index in [9.17, 15) is 30.0 Å². The summed E-state index contributed by atoms with van der Waals surface area (Å²) in [4.78, 5) is 8.04. The summed E-state index contributed by atoms with van der Waals surface area (Å²) in [5.41, 5.74) is 6.08. The number of hydrogen-bond donors (Lipinski definition) is 2. The molecule has 4 aromatic rings. The second-order valence-corrected chi connectivity index (χ2v) is 17.8. The van der Waals surface area contributed by atoms with E-state index in [1.165, 1.54) is 23.3 Å². The average molecular weight is 735 g/mol. The van der Waals surface area contributed by atoms with Crippen LogP contribution in [0, 0.1) is 0 Å². The van der Waals surface area contributed by atoms with Gasteiger partial charge in [0.2, 0.25) is 20.0 Å². The van der Waals surface area contributed by atoms with E-state index in [1.807, 2.05) is 24.3 Å². The van der Waals surface area contributed by atoms with Gasteiger partial charge in [-0.25, -0.2) is 31.3 Å². The molecule has 49 heavy (non-hydrogen) atoms. The third-order valence-electron chi connectivity index (χ3n) is 8.54. The van der Waals surface area contributed by atoms with Crippen molar-refractivity contribution in [2.24, 2.45) is 0 Å². The zero-order valence-electron chi connectivity index (χ0n) is 27.4. The van der Waals surface area contributed by atoms with Gasteiger partial charge in [0.1, 0.15) is 5.69 Å². The van der Waals surface area contributed by atoms with Crippen LogP contribution < -0.4 is 9.44 Å². The minimum Gasteiger partial charge on any atom is -0.255 e. The molecule has 2 N–H and O–H groups in total. The van der Waals surface area contributed by atoms with Gasteiger partial charge in [0.15, 0.2) is 0 Å². The molecule has 262 valence electrons. The van der Waals surface area contributed by atoms with Crippen molar-refractivity contribution in [1.29, 1.82) is 0 Å². The number of fused-ring (bicyclic) bond motifs is 2. The fourth-order valence-corrected chi connectivity index (χ4v) is 7.68.